The molecule has 9 nitrogen and oxygen atoms in total. The van der Waals surface area contributed by atoms with Crippen molar-refractivity contribution in [3.8, 4) is 5.75 Å². The Bertz CT molecular complexity index is 734. The third kappa shape index (κ3) is 5.45. The van der Waals surface area contributed by atoms with Crippen LogP contribution >= 0.6 is 0 Å². The second-order valence-corrected chi connectivity index (χ2v) is 6.59. The zero-order valence-electron chi connectivity index (χ0n) is 15.9. The van der Waals surface area contributed by atoms with Crippen molar-refractivity contribution in [3.63, 3.8) is 0 Å². The number of hydrogen-bond acceptors (Lipinski definition) is 5. The van der Waals surface area contributed by atoms with Crippen molar-refractivity contribution in [2.24, 2.45) is 5.73 Å². The lowest BCUT2D eigenvalue weighted by atomic mass is 10.1. The SMILES string of the molecule is CCC(CC(=O)O)N1CCN(CCCOc2ccc(C(=N)N)cc2)C(=O)C1=O. The van der Waals surface area contributed by atoms with Crippen LogP contribution in [0.2, 0.25) is 0 Å². The Morgan fingerprint density at radius 1 is 1.25 bits per heavy atom. The van der Waals surface area contributed by atoms with Gasteiger partial charge in [0, 0.05) is 31.2 Å². The number of carboxylic acids is 1. The lowest BCUT2D eigenvalue weighted by molar-refractivity contribution is -0.159. The standard InChI is InChI=1S/C19H26N4O5/c1-2-14(12-16(24)25)23-10-9-22(18(26)19(23)27)8-3-11-28-15-6-4-13(5-7-15)17(20)21/h4-7,14H,2-3,8-12H2,1H3,(H3,20,21)(H,24,25). The molecule has 1 heterocycles. The number of amides is 2. The smallest absolute Gasteiger partial charge is 0.312 e. The van der Waals surface area contributed by atoms with E-state index in [1.54, 1.807) is 31.2 Å². The molecular formula is C19H26N4O5. The number of carbonyl (C=O) groups is 3. The van der Waals surface area contributed by atoms with E-state index >= 15 is 0 Å². The second-order valence-electron chi connectivity index (χ2n) is 6.59. The summed E-state index contributed by atoms with van der Waals surface area (Å²) in [6, 6.07) is 6.37. The molecule has 1 unspecified atom stereocenters. The third-order valence-corrected chi connectivity index (χ3v) is 4.67. The Balaban J connectivity index is 1.79. The van der Waals surface area contributed by atoms with E-state index in [1.807, 2.05) is 0 Å². The lowest BCUT2D eigenvalue weighted by Gasteiger charge is -2.37. The minimum absolute atomic E-state index is 0.0115. The molecule has 1 aliphatic rings. The number of aliphatic carboxylic acids is 1. The molecule has 9 heteroatoms. The number of nitrogens with one attached hydrogen (secondary N) is 1. The first kappa shape index (κ1) is 21.2. The van der Waals surface area contributed by atoms with E-state index in [1.165, 1.54) is 9.80 Å². The summed E-state index contributed by atoms with van der Waals surface area (Å²) in [5.74, 6) is -1.59. The van der Waals surface area contributed by atoms with Gasteiger partial charge in [-0.05, 0) is 37.1 Å². The number of carbonyl (C=O) groups excluding carboxylic acids is 2. The number of piperazine rings is 1. The minimum Gasteiger partial charge on any atom is -0.494 e. The van der Waals surface area contributed by atoms with Gasteiger partial charge in [-0.2, -0.15) is 0 Å². The summed E-state index contributed by atoms with van der Waals surface area (Å²) in [7, 11) is 0. The van der Waals surface area contributed by atoms with E-state index in [-0.39, 0.29) is 12.3 Å². The molecule has 0 saturated carbocycles. The molecule has 0 aromatic heterocycles. The number of hydrogen-bond donors (Lipinski definition) is 3. The minimum atomic E-state index is -0.983. The summed E-state index contributed by atoms with van der Waals surface area (Å²) in [5, 5.41) is 16.3. The molecule has 4 N–H and O–H groups in total. The normalized spacial score (nSPS) is 15.5. The fraction of sp³-hybridized carbons (Fsp3) is 0.474. The van der Waals surface area contributed by atoms with Crippen molar-refractivity contribution in [3.05, 3.63) is 29.8 Å². The highest BCUT2D eigenvalue weighted by atomic mass is 16.5. The molecule has 2 rings (SSSR count). The van der Waals surface area contributed by atoms with Crippen LogP contribution in [0.5, 0.6) is 5.75 Å². The fourth-order valence-corrected chi connectivity index (χ4v) is 3.10. The molecule has 1 atom stereocenters. The Morgan fingerprint density at radius 3 is 2.50 bits per heavy atom. The summed E-state index contributed by atoms with van der Waals surface area (Å²) in [6.07, 6.45) is 0.882. The number of nitrogen functional groups attached to an aromatic ring is 1. The predicted octanol–water partition coefficient (Wildman–Crippen LogP) is 0.664. The molecule has 1 fully saturated rings. The lowest BCUT2D eigenvalue weighted by Crippen LogP contribution is -2.57. The highest BCUT2D eigenvalue weighted by Gasteiger charge is 2.36. The quantitative estimate of drug-likeness (QED) is 0.232. The Morgan fingerprint density at radius 2 is 1.93 bits per heavy atom. The van der Waals surface area contributed by atoms with Crippen molar-refractivity contribution in [1.82, 2.24) is 9.80 Å². The van der Waals surface area contributed by atoms with E-state index < -0.39 is 23.8 Å². The molecule has 1 aliphatic heterocycles. The summed E-state index contributed by atoms with van der Waals surface area (Å²) < 4.78 is 5.60. The topological polar surface area (TPSA) is 137 Å². The molecule has 0 bridgehead atoms. The van der Waals surface area contributed by atoms with E-state index in [4.69, 9.17) is 21.0 Å². The van der Waals surface area contributed by atoms with Crippen LogP contribution in [0.25, 0.3) is 0 Å². The first-order valence-corrected chi connectivity index (χ1v) is 9.22. The molecule has 1 aromatic carbocycles. The summed E-state index contributed by atoms with van der Waals surface area (Å²) in [4.78, 5) is 38.5. The molecule has 152 valence electrons. The average Bonchev–Trinajstić information content (AvgIpc) is 2.67. The van der Waals surface area contributed by atoms with Crippen LogP contribution in [-0.4, -0.2) is 70.8 Å². The molecule has 0 radical (unpaired) electrons. The van der Waals surface area contributed by atoms with Gasteiger partial charge < -0.3 is 25.4 Å². The molecule has 1 aromatic rings. The Labute approximate surface area is 163 Å². The first-order valence-electron chi connectivity index (χ1n) is 9.22. The van der Waals surface area contributed by atoms with Gasteiger partial charge in [-0.15, -0.1) is 0 Å². The first-order chi connectivity index (χ1) is 13.3. The number of benzene rings is 1. The van der Waals surface area contributed by atoms with Crippen molar-refractivity contribution in [2.45, 2.75) is 32.2 Å². The number of rotatable bonds is 10. The van der Waals surface area contributed by atoms with E-state index in [2.05, 4.69) is 0 Å². The number of carboxylic acid groups (broad SMARTS) is 1. The van der Waals surface area contributed by atoms with Gasteiger partial charge in [0.2, 0.25) is 0 Å². The fourth-order valence-electron chi connectivity index (χ4n) is 3.10. The Kier molecular flexibility index (Phi) is 7.36. The molecular weight excluding hydrogens is 364 g/mol. The van der Waals surface area contributed by atoms with Crippen LogP contribution in [0.15, 0.2) is 24.3 Å². The zero-order valence-corrected chi connectivity index (χ0v) is 15.9. The largest absolute Gasteiger partial charge is 0.494 e. The zero-order chi connectivity index (χ0) is 20.7. The highest BCUT2D eigenvalue weighted by molar-refractivity contribution is 6.35. The van der Waals surface area contributed by atoms with Gasteiger partial charge in [0.05, 0.1) is 13.0 Å². The van der Waals surface area contributed by atoms with Gasteiger partial charge in [0.25, 0.3) is 0 Å². The third-order valence-electron chi connectivity index (χ3n) is 4.67. The molecule has 0 spiro atoms. The molecule has 1 saturated heterocycles. The average molecular weight is 390 g/mol. The molecule has 0 aliphatic carbocycles. The number of nitrogens with two attached hydrogens (primary N) is 1. The number of nitrogens with zero attached hydrogens (tertiary/aromatic N) is 2. The number of ether oxygens (including phenoxy) is 1. The van der Waals surface area contributed by atoms with Gasteiger partial charge in [-0.25, -0.2) is 0 Å². The highest BCUT2D eigenvalue weighted by Crippen LogP contribution is 2.16. The van der Waals surface area contributed by atoms with E-state index in [9.17, 15) is 14.4 Å². The summed E-state index contributed by atoms with van der Waals surface area (Å²) in [6.45, 7) is 3.28. The van der Waals surface area contributed by atoms with Gasteiger partial charge >= 0.3 is 17.8 Å². The maximum absolute atomic E-state index is 12.3. The summed E-state index contributed by atoms with van der Waals surface area (Å²) >= 11 is 0. The van der Waals surface area contributed by atoms with Crippen molar-refractivity contribution in [2.75, 3.05) is 26.2 Å². The number of amidine groups is 1. The van der Waals surface area contributed by atoms with Crippen LogP contribution in [0.1, 0.15) is 31.7 Å². The van der Waals surface area contributed by atoms with Crippen LogP contribution in [0.3, 0.4) is 0 Å². The predicted molar refractivity (Wildman–Crippen MR) is 102 cm³/mol. The van der Waals surface area contributed by atoms with Crippen molar-refractivity contribution >= 4 is 23.6 Å². The van der Waals surface area contributed by atoms with Gasteiger partial charge in [-0.3, -0.25) is 19.8 Å². The van der Waals surface area contributed by atoms with Gasteiger partial charge in [-0.1, -0.05) is 6.92 Å². The van der Waals surface area contributed by atoms with Crippen molar-refractivity contribution < 1.29 is 24.2 Å². The van der Waals surface area contributed by atoms with Crippen LogP contribution in [0, 0.1) is 5.41 Å². The Hall–Kier alpha value is -3.10. The van der Waals surface area contributed by atoms with E-state index in [0.29, 0.717) is 50.4 Å². The van der Waals surface area contributed by atoms with Gasteiger partial charge in [0.15, 0.2) is 0 Å². The van der Waals surface area contributed by atoms with Crippen LogP contribution in [-0.2, 0) is 14.4 Å². The van der Waals surface area contributed by atoms with E-state index in [0.717, 1.165) is 0 Å². The van der Waals surface area contributed by atoms with Crippen LogP contribution < -0.4 is 10.5 Å². The summed E-state index contributed by atoms with van der Waals surface area (Å²) in [5.41, 5.74) is 6.01. The molecule has 2 amide bonds. The second kappa shape index (κ2) is 9.72. The monoisotopic (exact) mass is 390 g/mol. The molecule has 28 heavy (non-hydrogen) atoms. The van der Waals surface area contributed by atoms with Crippen LogP contribution in [0.4, 0.5) is 0 Å². The maximum atomic E-state index is 12.3. The van der Waals surface area contributed by atoms with Crippen molar-refractivity contribution in [1.29, 1.82) is 5.41 Å². The maximum Gasteiger partial charge on any atom is 0.312 e. The van der Waals surface area contributed by atoms with Gasteiger partial charge in [0.1, 0.15) is 11.6 Å².